The lowest BCUT2D eigenvalue weighted by molar-refractivity contribution is 0.0746. The first-order valence-corrected chi connectivity index (χ1v) is 11.9. The highest BCUT2D eigenvalue weighted by atomic mass is 35.5. The van der Waals surface area contributed by atoms with Gasteiger partial charge in [-0.25, -0.2) is 0 Å². The minimum atomic E-state index is -0.398. The number of phenols is 1. The Kier molecular flexibility index (Phi) is 6.33. The summed E-state index contributed by atoms with van der Waals surface area (Å²) in [5, 5.41) is 18.6. The number of H-pyrrole nitrogens is 1. The van der Waals surface area contributed by atoms with E-state index < -0.39 is 6.04 Å². The number of halogens is 1. The number of hydrogen-bond donors (Lipinski definition) is 2. The minimum Gasteiger partial charge on any atom is -0.507 e. The van der Waals surface area contributed by atoms with Crippen LogP contribution in [0.2, 0.25) is 5.02 Å². The molecule has 1 aliphatic heterocycles. The first kappa shape index (κ1) is 23.8. The van der Waals surface area contributed by atoms with Gasteiger partial charge in [-0.1, -0.05) is 35.9 Å². The van der Waals surface area contributed by atoms with Gasteiger partial charge in [-0.3, -0.25) is 9.89 Å². The van der Waals surface area contributed by atoms with Crippen molar-refractivity contribution in [2.75, 3.05) is 20.8 Å². The number of carbonyl (C=O) groups excluding carboxylic acids is 1. The maximum atomic E-state index is 13.6. The van der Waals surface area contributed by atoms with Gasteiger partial charge in [-0.2, -0.15) is 5.10 Å². The molecule has 0 saturated carbocycles. The number of aromatic hydroxyl groups is 1. The number of aromatic amines is 1. The fourth-order valence-corrected chi connectivity index (χ4v) is 4.83. The summed E-state index contributed by atoms with van der Waals surface area (Å²) in [7, 11) is 3.25. The van der Waals surface area contributed by atoms with Crippen LogP contribution in [0.15, 0.2) is 60.7 Å². The summed E-state index contributed by atoms with van der Waals surface area (Å²) in [6.07, 6.45) is 0.664. The van der Waals surface area contributed by atoms with Gasteiger partial charge in [0.2, 0.25) is 0 Å². The molecular weight excluding hydrogens is 478 g/mol. The Labute approximate surface area is 214 Å². The number of methoxy groups -OCH3 is 2. The molecule has 5 rings (SSSR count). The smallest absolute Gasteiger partial charge is 0.273 e. The van der Waals surface area contributed by atoms with Crippen LogP contribution in [-0.2, 0) is 6.42 Å². The van der Waals surface area contributed by atoms with Gasteiger partial charge in [0.15, 0.2) is 0 Å². The number of aryl methyl sites for hydroxylation is 1. The Morgan fingerprint density at radius 2 is 1.67 bits per heavy atom. The zero-order chi connectivity index (χ0) is 25.4. The molecule has 0 bridgehead atoms. The molecule has 1 amide bonds. The lowest BCUT2D eigenvalue weighted by Gasteiger charge is -2.26. The number of carbonyl (C=O) groups is 1. The predicted molar refractivity (Wildman–Crippen MR) is 138 cm³/mol. The Hall–Kier alpha value is -3.97. The Morgan fingerprint density at radius 3 is 2.31 bits per heavy atom. The van der Waals surface area contributed by atoms with Gasteiger partial charge in [0.05, 0.1) is 20.3 Å². The summed E-state index contributed by atoms with van der Waals surface area (Å²) < 4.78 is 10.6. The van der Waals surface area contributed by atoms with E-state index in [4.69, 9.17) is 21.1 Å². The second kappa shape index (κ2) is 9.59. The average molecular weight is 504 g/mol. The fraction of sp³-hybridized carbons (Fsp3) is 0.214. The standard InChI is InChI=1S/C28H26ClN3O4/c1-16-14-23(33)21(15-22(16)29)25-24-26(31-30-25)28(34)32(13-12-17-4-8-19(35-2)9-5-17)27(24)18-6-10-20(36-3)11-7-18/h4-11,14-15,27,33H,12-13H2,1-3H3,(H,30,31)/t27-/m0/s1. The summed E-state index contributed by atoms with van der Waals surface area (Å²) in [6.45, 7) is 2.32. The topological polar surface area (TPSA) is 87.7 Å². The normalized spacial score (nSPS) is 14.7. The molecule has 36 heavy (non-hydrogen) atoms. The highest BCUT2D eigenvalue weighted by molar-refractivity contribution is 6.31. The van der Waals surface area contributed by atoms with Crippen LogP contribution in [0, 0.1) is 6.92 Å². The second-order valence-corrected chi connectivity index (χ2v) is 9.16. The monoisotopic (exact) mass is 503 g/mol. The first-order chi connectivity index (χ1) is 17.4. The summed E-state index contributed by atoms with van der Waals surface area (Å²) in [4.78, 5) is 15.4. The molecule has 1 atom stereocenters. The number of ether oxygens (including phenoxy) is 2. The van der Waals surface area contributed by atoms with Crippen LogP contribution < -0.4 is 9.47 Å². The molecule has 0 fully saturated rings. The van der Waals surface area contributed by atoms with E-state index in [-0.39, 0.29) is 11.7 Å². The number of phenolic OH excluding ortho intramolecular Hbond substituents is 1. The van der Waals surface area contributed by atoms with Crippen LogP contribution in [0.1, 0.15) is 38.8 Å². The van der Waals surface area contributed by atoms with Crippen molar-refractivity contribution in [3.05, 3.63) is 93.6 Å². The molecule has 184 valence electrons. The van der Waals surface area contributed by atoms with E-state index >= 15 is 0 Å². The predicted octanol–water partition coefficient (Wildman–Crippen LogP) is 5.55. The maximum Gasteiger partial charge on any atom is 0.273 e. The van der Waals surface area contributed by atoms with Crippen LogP contribution in [0.25, 0.3) is 11.3 Å². The number of hydrogen-bond acceptors (Lipinski definition) is 5. The molecule has 7 nitrogen and oxygen atoms in total. The van der Waals surface area contributed by atoms with Gasteiger partial charge >= 0.3 is 0 Å². The first-order valence-electron chi connectivity index (χ1n) is 11.6. The molecule has 0 saturated heterocycles. The van der Waals surface area contributed by atoms with Crippen molar-refractivity contribution in [1.82, 2.24) is 15.1 Å². The quantitative estimate of drug-likeness (QED) is 0.345. The van der Waals surface area contributed by atoms with Crippen LogP contribution >= 0.6 is 11.6 Å². The molecule has 1 aliphatic rings. The number of nitrogens with one attached hydrogen (secondary N) is 1. The zero-order valence-electron chi connectivity index (χ0n) is 20.2. The lowest BCUT2D eigenvalue weighted by Crippen LogP contribution is -2.31. The fourth-order valence-electron chi connectivity index (χ4n) is 4.66. The van der Waals surface area contributed by atoms with Crippen molar-refractivity contribution in [2.45, 2.75) is 19.4 Å². The van der Waals surface area contributed by atoms with E-state index in [2.05, 4.69) is 10.2 Å². The summed E-state index contributed by atoms with van der Waals surface area (Å²) in [5.74, 6) is 1.43. The van der Waals surface area contributed by atoms with Gasteiger partial charge in [-0.05, 0) is 66.4 Å². The number of aromatic nitrogens is 2. The Bertz CT molecular complexity index is 1410. The van der Waals surface area contributed by atoms with Crippen LogP contribution in [0.4, 0.5) is 0 Å². The molecule has 2 heterocycles. The molecule has 4 aromatic rings. The maximum absolute atomic E-state index is 13.6. The summed E-state index contributed by atoms with van der Waals surface area (Å²) in [5.41, 5.74) is 4.88. The molecule has 0 aliphatic carbocycles. The third kappa shape index (κ3) is 4.16. The third-order valence-corrected chi connectivity index (χ3v) is 7.04. The van der Waals surface area contributed by atoms with Crippen molar-refractivity contribution < 1.29 is 19.4 Å². The third-order valence-electron chi connectivity index (χ3n) is 6.63. The van der Waals surface area contributed by atoms with Crippen LogP contribution in [0.3, 0.4) is 0 Å². The summed E-state index contributed by atoms with van der Waals surface area (Å²) >= 11 is 6.39. The molecule has 0 spiro atoms. The van der Waals surface area contributed by atoms with Crippen molar-refractivity contribution in [3.8, 4) is 28.5 Å². The number of nitrogens with zero attached hydrogens (tertiary/aromatic N) is 2. The second-order valence-electron chi connectivity index (χ2n) is 8.75. The van der Waals surface area contributed by atoms with E-state index in [1.165, 1.54) is 0 Å². The SMILES string of the molecule is COc1ccc(CCN2C(=O)c3[nH]nc(-c4cc(Cl)c(C)cc4O)c3[C@@H]2c2ccc(OC)cc2)cc1. The number of benzene rings is 3. The molecule has 0 radical (unpaired) electrons. The number of rotatable bonds is 7. The molecule has 2 N–H and O–H groups in total. The number of amides is 1. The summed E-state index contributed by atoms with van der Waals surface area (Å²) in [6, 6.07) is 18.4. The molecule has 1 aromatic heterocycles. The highest BCUT2D eigenvalue weighted by Crippen LogP contribution is 2.45. The minimum absolute atomic E-state index is 0.0591. The van der Waals surface area contributed by atoms with Crippen molar-refractivity contribution in [1.29, 1.82) is 0 Å². The van der Waals surface area contributed by atoms with Crippen molar-refractivity contribution >= 4 is 17.5 Å². The van der Waals surface area contributed by atoms with Gasteiger partial charge in [0.1, 0.15) is 28.6 Å². The van der Waals surface area contributed by atoms with Crippen molar-refractivity contribution in [3.63, 3.8) is 0 Å². The van der Waals surface area contributed by atoms with Gasteiger partial charge < -0.3 is 19.5 Å². The van der Waals surface area contributed by atoms with Crippen LogP contribution in [-0.4, -0.2) is 46.9 Å². The average Bonchev–Trinajstić information content (AvgIpc) is 3.44. The van der Waals surface area contributed by atoms with Crippen LogP contribution in [0.5, 0.6) is 17.2 Å². The van der Waals surface area contributed by atoms with E-state index in [1.54, 1.807) is 26.4 Å². The largest absolute Gasteiger partial charge is 0.507 e. The van der Waals surface area contributed by atoms with E-state index in [9.17, 15) is 9.90 Å². The van der Waals surface area contributed by atoms with Gasteiger partial charge in [-0.15, -0.1) is 0 Å². The van der Waals surface area contributed by atoms with E-state index in [0.717, 1.165) is 33.8 Å². The molecule has 0 unspecified atom stereocenters. The Balaban J connectivity index is 1.57. The van der Waals surface area contributed by atoms with Gasteiger partial charge in [0, 0.05) is 22.7 Å². The Morgan fingerprint density at radius 1 is 1.03 bits per heavy atom. The highest BCUT2D eigenvalue weighted by Gasteiger charge is 2.42. The van der Waals surface area contributed by atoms with E-state index in [1.807, 2.05) is 60.4 Å². The lowest BCUT2D eigenvalue weighted by atomic mass is 9.95. The zero-order valence-corrected chi connectivity index (χ0v) is 21.0. The van der Waals surface area contributed by atoms with E-state index in [0.29, 0.717) is 34.9 Å². The molecular formula is C28H26ClN3O4. The molecule has 8 heteroatoms. The number of fused-ring (bicyclic) bond motifs is 1. The van der Waals surface area contributed by atoms with Gasteiger partial charge in [0.25, 0.3) is 5.91 Å². The van der Waals surface area contributed by atoms with Crippen molar-refractivity contribution in [2.24, 2.45) is 0 Å². The molecule has 3 aromatic carbocycles.